The minimum atomic E-state index is 0.445. The predicted molar refractivity (Wildman–Crippen MR) is 99.2 cm³/mol. The van der Waals surface area contributed by atoms with Crippen molar-refractivity contribution in [2.24, 2.45) is 0 Å². The smallest absolute Gasteiger partial charge is 0.173 e. The lowest BCUT2D eigenvalue weighted by Crippen LogP contribution is -2.13. The van der Waals surface area contributed by atoms with E-state index < -0.39 is 0 Å². The topological polar surface area (TPSA) is 87.9 Å². The van der Waals surface area contributed by atoms with Crippen LogP contribution in [0.2, 0.25) is 0 Å². The molecule has 6 heteroatoms. The Bertz CT molecular complexity index is 786. The van der Waals surface area contributed by atoms with Crippen molar-refractivity contribution >= 4 is 28.7 Å². The zero-order valence-corrected chi connectivity index (χ0v) is 13.5. The molecule has 0 unspecified atom stereocenters. The first-order valence-electron chi connectivity index (χ1n) is 7.79. The number of aromatic nitrogens is 2. The summed E-state index contributed by atoms with van der Waals surface area (Å²) in [5.41, 5.74) is 15.8. The van der Waals surface area contributed by atoms with Crippen LogP contribution in [0, 0.1) is 0 Å². The Hall–Kier alpha value is -3.28. The first-order chi connectivity index (χ1) is 11.8. The van der Waals surface area contributed by atoms with Crippen molar-refractivity contribution in [1.29, 1.82) is 0 Å². The van der Waals surface area contributed by atoms with E-state index in [1.165, 1.54) is 11.9 Å². The number of hydrazine groups is 1. The Kier molecular flexibility index (Phi) is 4.76. The normalized spacial score (nSPS) is 10.2. The number of nitrogens with one attached hydrogen (secondary N) is 3. The summed E-state index contributed by atoms with van der Waals surface area (Å²) in [5.74, 6) is 1.08. The number of hydrogen-bond acceptors (Lipinski definition) is 6. The van der Waals surface area contributed by atoms with Gasteiger partial charge in [-0.25, -0.2) is 9.97 Å². The molecule has 0 aliphatic carbocycles. The third-order valence-electron chi connectivity index (χ3n) is 3.61. The molecule has 0 bridgehead atoms. The highest BCUT2D eigenvalue weighted by Crippen LogP contribution is 2.26. The van der Waals surface area contributed by atoms with E-state index >= 15 is 0 Å². The van der Waals surface area contributed by atoms with Crippen molar-refractivity contribution in [2.45, 2.75) is 13.3 Å². The number of anilines is 5. The molecule has 5 N–H and O–H groups in total. The zero-order chi connectivity index (χ0) is 16.8. The molecule has 24 heavy (non-hydrogen) atoms. The number of aryl methyl sites for hydroxylation is 1. The Balaban J connectivity index is 1.72. The maximum atomic E-state index is 6.16. The fourth-order valence-electron chi connectivity index (χ4n) is 2.21. The molecule has 0 saturated heterocycles. The average Bonchev–Trinajstić information content (AvgIpc) is 2.64. The maximum absolute atomic E-state index is 6.16. The predicted octanol–water partition coefficient (Wildman–Crippen LogP) is 3.80. The van der Waals surface area contributed by atoms with Crippen molar-refractivity contribution in [2.75, 3.05) is 21.9 Å². The molecule has 0 atom stereocenters. The number of benzene rings is 2. The van der Waals surface area contributed by atoms with Gasteiger partial charge in [0, 0.05) is 5.69 Å². The molecule has 0 aliphatic heterocycles. The van der Waals surface area contributed by atoms with Gasteiger partial charge in [0.2, 0.25) is 0 Å². The summed E-state index contributed by atoms with van der Waals surface area (Å²) >= 11 is 0. The first-order valence-corrected chi connectivity index (χ1v) is 7.79. The monoisotopic (exact) mass is 320 g/mol. The number of nitrogens with zero attached hydrogens (tertiary/aromatic N) is 2. The molecule has 6 nitrogen and oxygen atoms in total. The molecule has 0 fully saturated rings. The lowest BCUT2D eigenvalue weighted by molar-refractivity contribution is 1.14. The average molecular weight is 320 g/mol. The van der Waals surface area contributed by atoms with E-state index in [1.54, 1.807) is 0 Å². The van der Waals surface area contributed by atoms with Gasteiger partial charge in [0.15, 0.2) is 11.6 Å². The molecule has 3 rings (SSSR count). The molecule has 0 spiro atoms. The van der Waals surface area contributed by atoms with Crippen LogP contribution in [0.4, 0.5) is 28.7 Å². The summed E-state index contributed by atoms with van der Waals surface area (Å²) in [6, 6.07) is 17.9. The number of rotatable bonds is 6. The molecular formula is C18H20N6. The minimum absolute atomic E-state index is 0.445. The SMILES string of the molecule is CCc1ccc(Nc2ncnc(NNc3ccccc3)c2N)cc1. The summed E-state index contributed by atoms with van der Waals surface area (Å²) in [6.45, 7) is 2.13. The largest absolute Gasteiger partial charge is 0.393 e. The highest BCUT2D eigenvalue weighted by Gasteiger charge is 2.08. The van der Waals surface area contributed by atoms with Crippen LogP contribution in [0.1, 0.15) is 12.5 Å². The molecule has 0 saturated carbocycles. The fourth-order valence-corrected chi connectivity index (χ4v) is 2.21. The number of hydrogen-bond donors (Lipinski definition) is 4. The van der Waals surface area contributed by atoms with E-state index in [4.69, 9.17) is 5.73 Å². The van der Waals surface area contributed by atoms with Crippen LogP contribution in [0.25, 0.3) is 0 Å². The number of para-hydroxylation sites is 1. The van der Waals surface area contributed by atoms with Gasteiger partial charge in [0.1, 0.15) is 12.0 Å². The third-order valence-corrected chi connectivity index (χ3v) is 3.61. The van der Waals surface area contributed by atoms with Crippen LogP contribution in [0.5, 0.6) is 0 Å². The van der Waals surface area contributed by atoms with E-state index in [0.29, 0.717) is 17.3 Å². The molecular weight excluding hydrogens is 300 g/mol. The van der Waals surface area contributed by atoms with E-state index in [9.17, 15) is 0 Å². The molecule has 2 aromatic carbocycles. The number of nitrogen functional groups attached to an aromatic ring is 1. The zero-order valence-electron chi connectivity index (χ0n) is 13.5. The van der Waals surface area contributed by atoms with Crippen LogP contribution < -0.4 is 21.9 Å². The molecule has 1 aromatic heterocycles. The van der Waals surface area contributed by atoms with Gasteiger partial charge >= 0.3 is 0 Å². The highest BCUT2D eigenvalue weighted by atomic mass is 15.4. The first kappa shape index (κ1) is 15.6. The van der Waals surface area contributed by atoms with Gasteiger partial charge in [-0.2, -0.15) is 0 Å². The second-order valence-electron chi connectivity index (χ2n) is 5.28. The lowest BCUT2D eigenvalue weighted by Gasteiger charge is -2.14. The molecule has 0 radical (unpaired) electrons. The third kappa shape index (κ3) is 3.73. The Labute approximate surface area is 141 Å². The van der Waals surface area contributed by atoms with E-state index in [-0.39, 0.29) is 0 Å². The standard InChI is InChI=1S/C18H20N6/c1-2-13-8-10-14(11-9-13)22-17-16(19)18(21-12-20-17)24-23-15-6-4-3-5-7-15/h3-12,23H,2,19H2,1H3,(H2,20,21,22,24). The number of nitrogens with two attached hydrogens (primary N) is 1. The van der Waals surface area contributed by atoms with Crippen molar-refractivity contribution < 1.29 is 0 Å². The Morgan fingerprint density at radius 2 is 1.54 bits per heavy atom. The van der Waals surface area contributed by atoms with Crippen molar-refractivity contribution in [1.82, 2.24) is 9.97 Å². The second kappa shape index (κ2) is 7.32. The highest BCUT2D eigenvalue weighted by molar-refractivity contribution is 5.78. The quantitative estimate of drug-likeness (QED) is 0.517. The maximum Gasteiger partial charge on any atom is 0.173 e. The summed E-state index contributed by atoms with van der Waals surface area (Å²) < 4.78 is 0. The van der Waals surface area contributed by atoms with Gasteiger partial charge in [0.25, 0.3) is 0 Å². The fraction of sp³-hybridized carbons (Fsp3) is 0.111. The van der Waals surface area contributed by atoms with Crippen LogP contribution in [0.3, 0.4) is 0 Å². The van der Waals surface area contributed by atoms with Crippen molar-refractivity contribution in [3.8, 4) is 0 Å². The summed E-state index contributed by atoms with van der Waals surface area (Å²) in [6.07, 6.45) is 2.48. The van der Waals surface area contributed by atoms with Crippen LogP contribution in [-0.4, -0.2) is 9.97 Å². The van der Waals surface area contributed by atoms with Crippen LogP contribution in [-0.2, 0) is 6.42 Å². The Morgan fingerprint density at radius 1 is 0.833 bits per heavy atom. The van der Waals surface area contributed by atoms with E-state index in [0.717, 1.165) is 17.8 Å². The molecule has 122 valence electrons. The Morgan fingerprint density at radius 3 is 2.25 bits per heavy atom. The summed E-state index contributed by atoms with van der Waals surface area (Å²) in [4.78, 5) is 8.39. The summed E-state index contributed by atoms with van der Waals surface area (Å²) in [7, 11) is 0. The van der Waals surface area contributed by atoms with Crippen LogP contribution >= 0.6 is 0 Å². The van der Waals surface area contributed by atoms with Gasteiger partial charge in [-0.3, -0.25) is 10.9 Å². The van der Waals surface area contributed by atoms with Crippen LogP contribution in [0.15, 0.2) is 60.9 Å². The molecule has 0 aliphatic rings. The molecule has 3 aromatic rings. The van der Waals surface area contributed by atoms with Crippen molar-refractivity contribution in [3.05, 3.63) is 66.5 Å². The summed E-state index contributed by atoms with van der Waals surface area (Å²) in [5, 5.41) is 3.22. The molecule has 1 heterocycles. The van der Waals surface area contributed by atoms with Crippen molar-refractivity contribution in [3.63, 3.8) is 0 Å². The second-order valence-corrected chi connectivity index (χ2v) is 5.28. The van der Waals surface area contributed by atoms with Gasteiger partial charge < -0.3 is 11.1 Å². The molecule has 0 amide bonds. The minimum Gasteiger partial charge on any atom is -0.393 e. The van der Waals surface area contributed by atoms with Gasteiger partial charge in [-0.05, 0) is 36.2 Å². The van der Waals surface area contributed by atoms with Gasteiger partial charge in [-0.1, -0.05) is 37.3 Å². The van der Waals surface area contributed by atoms with Gasteiger partial charge in [0.05, 0.1) is 5.69 Å². The van der Waals surface area contributed by atoms with Gasteiger partial charge in [-0.15, -0.1) is 0 Å². The van der Waals surface area contributed by atoms with E-state index in [2.05, 4.69) is 45.2 Å². The lowest BCUT2D eigenvalue weighted by atomic mass is 10.1. The van der Waals surface area contributed by atoms with E-state index in [1.807, 2.05) is 42.5 Å².